The second-order valence-electron chi connectivity index (χ2n) is 4.22. The maximum absolute atomic E-state index is 13.9. The van der Waals surface area contributed by atoms with Crippen LogP contribution in [0, 0.1) is 11.9 Å². The molecule has 0 saturated heterocycles. The van der Waals surface area contributed by atoms with Gasteiger partial charge in [-0.2, -0.15) is 13.8 Å². The molecule has 2 heterocycles. The van der Waals surface area contributed by atoms with Crippen molar-refractivity contribution in [2.75, 3.05) is 0 Å². The van der Waals surface area contributed by atoms with E-state index >= 15 is 0 Å². The highest BCUT2D eigenvalue weighted by atomic mass is 19.1. The van der Waals surface area contributed by atoms with Crippen molar-refractivity contribution < 1.29 is 8.78 Å². The predicted molar refractivity (Wildman–Crippen MR) is 100 cm³/mol. The van der Waals surface area contributed by atoms with Gasteiger partial charge in [-0.3, -0.25) is 4.98 Å². The lowest BCUT2D eigenvalue weighted by atomic mass is 9.93. The van der Waals surface area contributed by atoms with Crippen molar-refractivity contribution in [3.63, 3.8) is 0 Å². The van der Waals surface area contributed by atoms with Crippen LogP contribution < -0.4 is 0 Å². The van der Waals surface area contributed by atoms with Gasteiger partial charge in [0.2, 0.25) is 11.9 Å². The van der Waals surface area contributed by atoms with Crippen molar-refractivity contribution in [3.8, 4) is 11.3 Å². The van der Waals surface area contributed by atoms with Crippen LogP contribution >= 0.6 is 0 Å². The average Bonchev–Trinajstić information content (AvgIpc) is 2.66. The van der Waals surface area contributed by atoms with Gasteiger partial charge in [0.05, 0.1) is 11.3 Å². The second-order valence-corrected chi connectivity index (χ2v) is 4.22. The van der Waals surface area contributed by atoms with Crippen molar-refractivity contribution in [3.05, 3.63) is 47.9 Å². The number of hydrogen-bond acceptors (Lipinski definition) is 2. The minimum absolute atomic E-state index is 0.0500. The van der Waals surface area contributed by atoms with Crippen LogP contribution in [0.25, 0.3) is 11.3 Å². The van der Waals surface area contributed by atoms with Crippen LogP contribution in [-0.4, -0.2) is 9.97 Å². The number of nitrogens with zero attached hydrogens (tertiary/aromatic N) is 2. The molecule has 0 radical (unpaired) electrons. The van der Waals surface area contributed by atoms with Gasteiger partial charge >= 0.3 is 0 Å². The standard InChI is InChI=1S/C14H14F2N2.3C2H6/c1-3-9(2)10-8-12(15)18-14(16)13(10)11-6-4-5-7-17-11;3*1-2/h4-9H,3H2,1-2H3;3*1-2H3. The van der Waals surface area contributed by atoms with Gasteiger partial charge < -0.3 is 0 Å². The van der Waals surface area contributed by atoms with Gasteiger partial charge in [-0.25, -0.2) is 0 Å². The van der Waals surface area contributed by atoms with E-state index in [2.05, 4.69) is 9.97 Å². The van der Waals surface area contributed by atoms with Crippen molar-refractivity contribution in [1.82, 2.24) is 9.97 Å². The number of halogens is 2. The molecule has 4 heteroatoms. The van der Waals surface area contributed by atoms with Crippen LogP contribution in [0.1, 0.15) is 73.3 Å². The van der Waals surface area contributed by atoms with Gasteiger partial charge in [-0.05, 0) is 36.1 Å². The molecule has 136 valence electrons. The molecule has 0 aliphatic rings. The van der Waals surface area contributed by atoms with Crippen molar-refractivity contribution in [2.24, 2.45) is 0 Å². The molecule has 0 aliphatic heterocycles. The van der Waals surface area contributed by atoms with Gasteiger partial charge in [0.15, 0.2) is 0 Å². The highest BCUT2D eigenvalue weighted by Gasteiger charge is 2.18. The zero-order valence-corrected chi connectivity index (χ0v) is 16.3. The molecule has 0 spiro atoms. The fourth-order valence-electron chi connectivity index (χ4n) is 1.87. The zero-order chi connectivity index (χ0) is 19.1. The van der Waals surface area contributed by atoms with E-state index in [9.17, 15) is 8.78 Å². The van der Waals surface area contributed by atoms with E-state index in [-0.39, 0.29) is 5.92 Å². The van der Waals surface area contributed by atoms with E-state index in [0.29, 0.717) is 16.8 Å². The normalized spacial score (nSPS) is 10.1. The van der Waals surface area contributed by atoms with Crippen LogP contribution in [-0.2, 0) is 0 Å². The Kier molecular flexibility index (Phi) is 15.0. The van der Waals surface area contributed by atoms with Crippen molar-refractivity contribution in [1.29, 1.82) is 0 Å². The molecule has 1 unspecified atom stereocenters. The Hall–Kier alpha value is -1.84. The first kappa shape index (κ1) is 24.4. The van der Waals surface area contributed by atoms with Crippen molar-refractivity contribution >= 4 is 0 Å². The molecule has 1 atom stereocenters. The monoisotopic (exact) mass is 338 g/mol. The number of rotatable bonds is 3. The Labute approximate surface area is 146 Å². The van der Waals surface area contributed by atoms with Crippen molar-refractivity contribution in [2.45, 2.75) is 67.7 Å². The van der Waals surface area contributed by atoms with Crippen LogP contribution in [0.3, 0.4) is 0 Å². The lowest BCUT2D eigenvalue weighted by Crippen LogP contribution is -2.03. The summed E-state index contributed by atoms with van der Waals surface area (Å²) in [6.07, 6.45) is 2.38. The summed E-state index contributed by atoms with van der Waals surface area (Å²) in [5, 5.41) is 0. The van der Waals surface area contributed by atoms with E-state index < -0.39 is 11.9 Å². The van der Waals surface area contributed by atoms with Gasteiger partial charge in [-0.1, -0.05) is 61.5 Å². The third-order valence-electron chi connectivity index (χ3n) is 3.04. The molecule has 2 aromatic rings. The van der Waals surface area contributed by atoms with Gasteiger partial charge in [0, 0.05) is 6.20 Å². The van der Waals surface area contributed by atoms with Gasteiger partial charge in [-0.15, -0.1) is 0 Å². The van der Waals surface area contributed by atoms with E-state index in [0.717, 1.165) is 6.42 Å². The molecule has 2 aromatic heterocycles. The predicted octanol–water partition coefficient (Wildman–Crippen LogP) is 7.01. The molecule has 0 saturated carbocycles. The van der Waals surface area contributed by atoms with E-state index in [1.165, 1.54) is 6.07 Å². The summed E-state index contributed by atoms with van der Waals surface area (Å²) in [6.45, 7) is 15.9. The third-order valence-corrected chi connectivity index (χ3v) is 3.04. The summed E-state index contributed by atoms with van der Waals surface area (Å²) in [5.41, 5.74) is 1.39. The molecule has 0 fully saturated rings. The van der Waals surface area contributed by atoms with E-state index in [4.69, 9.17) is 0 Å². The first-order valence-electron chi connectivity index (χ1n) is 8.90. The van der Waals surface area contributed by atoms with Crippen LogP contribution in [0.15, 0.2) is 30.5 Å². The maximum Gasteiger partial charge on any atom is 0.225 e. The van der Waals surface area contributed by atoms with E-state index in [1.807, 2.05) is 55.4 Å². The lowest BCUT2D eigenvalue weighted by molar-refractivity contribution is 0.508. The Morgan fingerprint density at radius 2 is 1.58 bits per heavy atom. The Bertz CT molecular complexity index is 543. The maximum atomic E-state index is 13.9. The summed E-state index contributed by atoms with van der Waals surface area (Å²) in [6, 6.07) is 6.51. The SMILES string of the molecule is CC.CC.CC.CCC(C)c1cc(F)nc(F)c1-c1ccccn1. The first-order chi connectivity index (χ1) is 11.6. The molecule has 2 rings (SSSR count). The largest absolute Gasteiger partial charge is 0.256 e. The van der Waals surface area contributed by atoms with E-state index in [1.54, 1.807) is 24.4 Å². The summed E-state index contributed by atoms with van der Waals surface area (Å²) in [4.78, 5) is 7.37. The minimum atomic E-state index is -0.802. The second kappa shape index (κ2) is 14.7. The quantitative estimate of drug-likeness (QED) is 0.562. The number of hydrogen-bond donors (Lipinski definition) is 0. The Balaban J connectivity index is 0. The van der Waals surface area contributed by atoms with Gasteiger partial charge in [0.1, 0.15) is 0 Å². The molecule has 0 bridgehead atoms. The fraction of sp³-hybridized carbons (Fsp3) is 0.500. The molecular formula is C20H32F2N2. The molecule has 0 aliphatic carbocycles. The molecule has 0 aromatic carbocycles. The smallest absolute Gasteiger partial charge is 0.225 e. The average molecular weight is 338 g/mol. The zero-order valence-electron chi connectivity index (χ0n) is 16.3. The summed E-state index contributed by atoms with van der Waals surface area (Å²) < 4.78 is 27.2. The van der Waals surface area contributed by atoms with Crippen LogP contribution in [0.2, 0.25) is 0 Å². The number of aromatic nitrogens is 2. The summed E-state index contributed by atoms with van der Waals surface area (Å²) in [5.74, 6) is -1.54. The molecular weight excluding hydrogens is 306 g/mol. The summed E-state index contributed by atoms with van der Waals surface area (Å²) >= 11 is 0. The molecule has 2 nitrogen and oxygen atoms in total. The Morgan fingerprint density at radius 1 is 1.00 bits per heavy atom. The highest BCUT2D eigenvalue weighted by Crippen LogP contribution is 2.31. The van der Waals surface area contributed by atoms with Crippen LogP contribution in [0.4, 0.5) is 8.78 Å². The van der Waals surface area contributed by atoms with Crippen LogP contribution in [0.5, 0.6) is 0 Å². The Morgan fingerprint density at radius 3 is 2.04 bits per heavy atom. The fourth-order valence-corrected chi connectivity index (χ4v) is 1.87. The molecule has 0 amide bonds. The highest BCUT2D eigenvalue weighted by molar-refractivity contribution is 5.63. The van der Waals surface area contributed by atoms with Gasteiger partial charge in [0.25, 0.3) is 0 Å². The first-order valence-corrected chi connectivity index (χ1v) is 8.90. The summed E-state index contributed by atoms with van der Waals surface area (Å²) in [7, 11) is 0. The number of pyridine rings is 2. The topological polar surface area (TPSA) is 25.8 Å². The minimum Gasteiger partial charge on any atom is -0.256 e. The lowest BCUT2D eigenvalue weighted by Gasteiger charge is -2.14. The molecule has 0 N–H and O–H groups in total. The molecule has 24 heavy (non-hydrogen) atoms. The third kappa shape index (κ3) is 7.16.